The van der Waals surface area contributed by atoms with Crippen LogP contribution >= 0.6 is 23.8 Å². The number of hydrogen-bond acceptors (Lipinski definition) is 1. The molecule has 0 amide bonds. The summed E-state index contributed by atoms with van der Waals surface area (Å²) in [5, 5.41) is 12.9. The maximum atomic E-state index is 8.00. The van der Waals surface area contributed by atoms with Crippen molar-refractivity contribution in [2.75, 3.05) is 0 Å². The van der Waals surface area contributed by atoms with Gasteiger partial charge in [0.1, 0.15) is 54.5 Å². The van der Waals surface area contributed by atoms with Gasteiger partial charge in [0, 0.05) is 20.4 Å². The van der Waals surface area contributed by atoms with Crippen LogP contribution in [0.5, 0.6) is 0 Å². The Labute approximate surface area is 374 Å². The molecule has 298 valence electrons. The van der Waals surface area contributed by atoms with Crippen LogP contribution in [-0.4, -0.2) is 6.79 Å². The van der Waals surface area contributed by atoms with Gasteiger partial charge in [-0.15, -0.1) is 0 Å². The van der Waals surface area contributed by atoms with E-state index in [9.17, 15) is 0 Å². The fourth-order valence-electron chi connectivity index (χ4n) is 6.94. The monoisotopic (exact) mass is 925 g/mol. The molecule has 0 heterocycles. The minimum absolute atomic E-state index is 0. The fourth-order valence-corrected chi connectivity index (χ4v) is 14.7. The van der Waals surface area contributed by atoms with E-state index in [1.165, 1.54) is 47.7 Å². The molecule has 9 rings (SSSR count). The Morgan fingerprint density at radius 2 is 0.267 bits per heavy atom. The van der Waals surface area contributed by atoms with Crippen LogP contribution in [0.15, 0.2) is 273 Å². The van der Waals surface area contributed by atoms with Crippen molar-refractivity contribution < 1.29 is 25.2 Å². The maximum absolute atomic E-state index is 8.00. The summed E-state index contributed by atoms with van der Waals surface area (Å²) in [6.07, 6.45) is 0. The molecule has 0 atom stereocenters. The normalized spacial score (nSPS) is 10.1. The minimum atomic E-state index is -0.877. The smallest absolute Gasteiger partial charge is 0.106 e. The van der Waals surface area contributed by atoms with Gasteiger partial charge in [-0.25, -0.2) is 0 Å². The third kappa shape index (κ3) is 13.3. The van der Waals surface area contributed by atoms with Crippen molar-refractivity contribution in [3.8, 4) is 0 Å². The molecule has 0 radical (unpaired) electrons. The molecule has 0 saturated heterocycles. The van der Waals surface area contributed by atoms with Crippen molar-refractivity contribution in [1.29, 1.82) is 0 Å². The van der Waals surface area contributed by atoms with Crippen LogP contribution < -0.4 is 47.7 Å². The van der Waals surface area contributed by atoms with Gasteiger partial charge in [0.05, 0.1) is 23.8 Å². The molecule has 9 aromatic carbocycles. The third-order valence-corrected chi connectivity index (χ3v) is 17.8. The van der Waals surface area contributed by atoms with E-state index in [1.54, 1.807) is 0 Å². The Morgan fingerprint density at radius 3 is 0.350 bits per heavy atom. The zero-order valence-corrected chi connectivity index (χ0v) is 38.0. The van der Waals surface area contributed by atoms with E-state index in [-0.39, 0.29) is 20.4 Å². The SMILES string of the molecule is C=O.[Pd].c1ccc([PH+](c2ccccc2)c2ccccc2)cc1.c1ccc([PH+](c2ccccc2)c2ccccc2)cc1.c1ccc([PH+](c2ccccc2)c2ccccc2)cc1. The zero-order chi connectivity index (χ0) is 40.7. The molecular weight excluding hydrogens is 876 g/mol. The van der Waals surface area contributed by atoms with E-state index in [4.69, 9.17) is 4.79 Å². The number of carbonyl (C=O) groups is 1. The van der Waals surface area contributed by atoms with Crippen molar-refractivity contribution in [3.05, 3.63) is 273 Å². The average Bonchev–Trinajstić information content (AvgIpc) is 3.34. The second-order valence-electron chi connectivity index (χ2n) is 13.4. The van der Waals surface area contributed by atoms with Gasteiger partial charge in [-0.1, -0.05) is 164 Å². The Morgan fingerprint density at radius 1 is 0.183 bits per heavy atom. The number of benzene rings is 9. The summed E-state index contributed by atoms with van der Waals surface area (Å²) >= 11 is 0. The molecule has 0 spiro atoms. The number of rotatable bonds is 9. The number of hydrogen-bond donors (Lipinski definition) is 0. The first-order valence-electron chi connectivity index (χ1n) is 19.7. The van der Waals surface area contributed by atoms with Gasteiger partial charge in [-0.3, -0.25) is 0 Å². The molecule has 0 aliphatic carbocycles. The molecule has 0 aliphatic heterocycles. The Balaban J connectivity index is 0.000000166. The summed E-state index contributed by atoms with van der Waals surface area (Å²) in [6, 6.07) is 97.5. The number of carbonyl (C=O) groups excluding carboxylic acids is 1. The van der Waals surface area contributed by atoms with Gasteiger partial charge in [-0.2, -0.15) is 0 Å². The van der Waals surface area contributed by atoms with Gasteiger partial charge in [0.25, 0.3) is 0 Å². The fraction of sp³-hybridized carbons (Fsp3) is 0. The molecule has 5 heteroatoms. The van der Waals surface area contributed by atoms with Crippen molar-refractivity contribution in [2.45, 2.75) is 0 Å². The second-order valence-corrected chi connectivity index (χ2v) is 20.9. The maximum Gasteiger partial charge on any atom is 0.106 e. The molecule has 0 aromatic heterocycles. The predicted molar refractivity (Wildman–Crippen MR) is 267 cm³/mol. The van der Waals surface area contributed by atoms with Crippen molar-refractivity contribution >= 4 is 78.3 Å². The summed E-state index contributed by atoms with van der Waals surface area (Å²) in [4.78, 5) is 8.00. The molecular formula is C55H50OP3Pd+3. The summed E-state index contributed by atoms with van der Waals surface area (Å²) in [6.45, 7) is 2.00. The Hall–Kier alpha value is -5.40. The molecule has 1 nitrogen and oxygen atoms in total. The average molecular weight is 926 g/mol. The molecule has 0 bridgehead atoms. The van der Waals surface area contributed by atoms with Crippen LogP contribution in [-0.2, 0) is 25.2 Å². The van der Waals surface area contributed by atoms with Crippen molar-refractivity contribution in [2.24, 2.45) is 0 Å². The van der Waals surface area contributed by atoms with Crippen molar-refractivity contribution in [1.82, 2.24) is 0 Å². The van der Waals surface area contributed by atoms with Crippen LogP contribution in [0.25, 0.3) is 0 Å². The zero-order valence-electron chi connectivity index (χ0n) is 33.4. The summed E-state index contributed by atoms with van der Waals surface area (Å²) in [5.41, 5.74) is 0. The summed E-state index contributed by atoms with van der Waals surface area (Å²) < 4.78 is 0. The van der Waals surface area contributed by atoms with Crippen LogP contribution in [0.1, 0.15) is 0 Å². The van der Waals surface area contributed by atoms with E-state index in [0.717, 1.165) is 0 Å². The molecule has 0 N–H and O–H groups in total. The summed E-state index contributed by atoms with van der Waals surface area (Å²) in [7, 11) is -2.63. The van der Waals surface area contributed by atoms with E-state index in [1.807, 2.05) is 6.79 Å². The molecule has 0 saturated carbocycles. The van der Waals surface area contributed by atoms with Crippen LogP contribution in [0.3, 0.4) is 0 Å². The van der Waals surface area contributed by atoms with Gasteiger partial charge < -0.3 is 4.79 Å². The quantitative estimate of drug-likeness (QED) is 0.104. The third-order valence-electron chi connectivity index (χ3n) is 9.56. The Bertz CT molecular complexity index is 1890. The largest absolute Gasteiger partial charge is 0.307 e. The van der Waals surface area contributed by atoms with E-state index < -0.39 is 23.8 Å². The topological polar surface area (TPSA) is 17.1 Å². The van der Waals surface area contributed by atoms with Crippen LogP contribution in [0.4, 0.5) is 0 Å². The molecule has 0 fully saturated rings. The predicted octanol–water partition coefficient (Wildman–Crippen LogP) is 9.34. The van der Waals surface area contributed by atoms with Crippen molar-refractivity contribution in [3.63, 3.8) is 0 Å². The minimum Gasteiger partial charge on any atom is -0.307 e. The first-order valence-corrected chi connectivity index (χ1v) is 24.2. The van der Waals surface area contributed by atoms with Gasteiger partial charge >= 0.3 is 0 Å². The van der Waals surface area contributed by atoms with Gasteiger partial charge in [0.2, 0.25) is 0 Å². The molecule has 9 aromatic rings. The van der Waals surface area contributed by atoms with E-state index in [2.05, 4.69) is 273 Å². The van der Waals surface area contributed by atoms with E-state index in [0.29, 0.717) is 0 Å². The second kappa shape index (κ2) is 25.9. The Kier molecular flexibility index (Phi) is 19.8. The summed E-state index contributed by atoms with van der Waals surface area (Å²) in [5.74, 6) is 0. The molecule has 0 aliphatic rings. The first-order chi connectivity index (χ1) is 29.3. The van der Waals surface area contributed by atoms with Crippen LogP contribution in [0, 0.1) is 0 Å². The van der Waals surface area contributed by atoms with Crippen LogP contribution in [0.2, 0.25) is 0 Å². The first kappa shape index (κ1) is 45.7. The molecule has 0 unspecified atom stereocenters. The van der Waals surface area contributed by atoms with Gasteiger partial charge in [0.15, 0.2) is 0 Å². The standard InChI is InChI=1S/3C18H15P.CH2O.Pd/c3*1-4-10-16(11-5-1)19(17-12-6-2-7-13-17)18-14-8-3-9-15-18;1-2;/h3*1-15H;1H2;/p+3. The van der Waals surface area contributed by atoms with Gasteiger partial charge in [-0.05, 0) is 109 Å². The molecule has 60 heavy (non-hydrogen) atoms. The van der Waals surface area contributed by atoms with E-state index >= 15 is 0 Å².